The van der Waals surface area contributed by atoms with Gasteiger partial charge in [0.15, 0.2) is 11.6 Å². The lowest BCUT2D eigenvalue weighted by Crippen LogP contribution is -2.49. The van der Waals surface area contributed by atoms with Crippen molar-refractivity contribution in [3.05, 3.63) is 35.4 Å². The highest BCUT2D eigenvalue weighted by Crippen LogP contribution is 2.25. The lowest BCUT2D eigenvalue weighted by Gasteiger charge is -2.40. The zero-order valence-electron chi connectivity index (χ0n) is 12.0. The van der Waals surface area contributed by atoms with Crippen LogP contribution in [0.5, 0.6) is 0 Å². The van der Waals surface area contributed by atoms with Crippen molar-refractivity contribution in [1.29, 1.82) is 0 Å². The molecule has 2 rings (SSSR count). The highest BCUT2D eigenvalue weighted by Gasteiger charge is 2.31. The van der Waals surface area contributed by atoms with Crippen molar-refractivity contribution in [2.75, 3.05) is 26.7 Å². The summed E-state index contributed by atoms with van der Waals surface area (Å²) in [6.45, 7) is 4.46. The second-order valence-corrected chi connectivity index (χ2v) is 5.77. The Balaban J connectivity index is 2.00. The molecule has 1 heterocycles. The molecule has 1 saturated heterocycles. The smallest absolute Gasteiger partial charge is 0.159 e. The first kappa shape index (κ1) is 15.4. The summed E-state index contributed by atoms with van der Waals surface area (Å²) in [5.74, 6) is -1.69. The number of ether oxygens (including phenoxy) is 1. The Labute approximate surface area is 118 Å². The van der Waals surface area contributed by atoms with E-state index >= 15 is 0 Å². The molecule has 0 bridgehead atoms. The van der Waals surface area contributed by atoms with Crippen LogP contribution in [0.3, 0.4) is 0 Å². The molecule has 1 aromatic rings. The number of likely N-dealkylation sites (tertiary alicyclic amines) is 1. The standard InChI is InChI=1S/C15H22F2N2O/c1-15(20-2)6-3-7-19(10-15)9-14(18)11-4-5-12(16)13(17)8-11/h4-5,8,14H,3,6-7,9-10,18H2,1-2H3. The Morgan fingerprint density at radius 1 is 1.40 bits per heavy atom. The lowest BCUT2D eigenvalue weighted by molar-refractivity contribution is -0.0516. The third kappa shape index (κ3) is 3.53. The molecule has 1 fully saturated rings. The van der Waals surface area contributed by atoms with Crippen LogP contribution in [0.1, 0.15) is 31.4 Å². The number of methoxy groups -OCH3 is 1. The summed E-state index contributed by atoms with van der Waals surface area (Å²) < 4.78 is 31.7. The van der Waals surface area contributed by atoms with Gasteiger partial charge in [-0.1, -0.05) is 6.07 Å². The fraction of sp³-hybridized carbons (Fsp3) is 0.600. The molecule has 2 atom stereocenters. The summed E-state index contributed by atoms with van der Waals surface area (Å²) in [4.78, 5) is 2.22. The van der Waals surface area contributed by atoms with E-state index < -0.39 is 11.6 Å². The molecule has 0 aromatic heterocycles. The molecule has 1 aliphatic rings. The van der Waals surface area contributed by atoms with Crippen LogP contribution >= 0.6 is 0 Å². The van der Waals surface area contributed by atoms with E-state index in [1.807, 2.05) is 0 Å². The summed E-state index contributed by atoms with van der Waals surface area (Å²) in [5, 5.41) is 0. The number of piperidine rings is 1. The number of hydrogen-bond donors (Lipinski definition) is 1. The number of halogens is 2. The number of hydrogen-bond acceptors (Lipinski definition) is 3. The fourth-order valence-corrected chi connectivity index (χ4v) is 2.76. The summed E-state index contributed by atoms with van der Waals surface area (Å²) in [7, 11) is 1.72. The van der Waals surface area contributed by atoms with Crippen LogP contribution < -0.4 is 5.73 Å². The second-order valence-electron chi connectivity index (χ2n) is 5.77. The van der Waals surface area contributed by atoms with Crippen LogP contribution in [-0.4, -0.2) is 37.2 Å². The molecule has 0 spiro atoms. The Morgan fingerprint density at radius 2 is 2.15 bits per heavy atom. The molecule has 112 valence electrons. The topological polar surface area (TPSA) is 38.5 Å². The Morgan fingerprint density at radius 3 is 2.80 bits per heavy atom. The lowest BCUT2D eigenvalue weighted by atomic mass is 9.94. The van der Waals surface area contributed by atoms with E-state index in [1.165, 1.54) is 6.07 Å². The van der Waals surface area contributed by atoms with E-state index in [-0.39, 0.29) is 11.6 Å². The predicted molar refractivity (Wildman–Crippen MR) is 74.4 cm³/mol. The van der Waals surface area contributed by atoms with E-state index in [4.69, 9.17) is 10.5 Å². The molecular formula is C15H22F2N2O. The molecular weight excluding hydrogens is 262 g/mol. The normalized spacial score (nSPS) is 25.6. The number of nitrogens with zero attached hydrogens (tertiary/aromatic N) is 1. The summed E-state index contributed by atoms with van der Waals surface area (Å²) in [6, 6.07) is 3.52. The molecule has 0 aliphatic carbocycles. The summed E-state index contributed by atoms with van der Waals surface area (Å²) in [5.41, 5.74) is 6.58. The molecule has 2 unspecified atom stereocenters. The van der Waals surface area contributed by atoms with Crippen molar-refractivity contribution >= 4 is 0 Å². The van der Waals surface area contributed by atoms with Crippen molar-refractivity contribution in [3.63, 3.8) is 0 Å². The van der Waals surface area contributed by atoms with Crippen LogP contribution in [0.25, 0.3) is 0 Å². The Kier molecular flexibility index (Phi) is 4.73. The van der Waals surface area contributed by atoms with E-state index in [9.17, 15) is 8.78 Å². The van der Waals surface area contributed by atoms with Gasteiger partial charge >= 0.3 is 0 Å². The first-order valence-corrected chi connectivity index (χ1v) is 6.91. The van der Waals surface area contributed by atoms with Gasteiger partial charge < -0.3 is 10.5 Å². The van der Waals surface area contributed by atoms with Gasteiger partial charge in [-0.3, -0.25) is 4.90 Å². The van der Waals surface area contributed by atoms with Crippen LogP contribution in [-0.2, 0) is 4.74 Å². The SMILES string of the molecule is COC1(C)CCCN(CC(N)c2ccc(F)c(F)c2)C1. The van der Waals surface area contributed by atoms with Crippen LogP contribution in [0.15, 0.2) is 18.2 Å². The van der Waals surface area contributed by atoms with Gasteiger partial charge in [0.05, 0.1) is 5.60 Å². The van der Waals surface area contributed by atoms with E-state index in [0.29, 0.717) is 12.1 Å². The average Bonchev–Trinajstić information content (AvgIpc) is 2.42. The molecule has 0 radical (unpaired) electrons. The molecule has 2 N–H and O–H groups in total. The highest BCUT2D eigenvalue weighted by atomic mass is 19.2. The van der Waals surface area contributed by atoms with Crippen LogP contribution in [0.4, 0.5) is 8.78 Å². The van der Waals surface area contributed by atoms with E-state index in [0.717, 1.165) is 32.0 Å². The maximum atomic E-state index is 13.2. The number of rotatable bonds is 4. The van der Waals surface area contributed by atoms with E-state index in [1.54, 1.807) is 13.2 Å². The molecule has 1 aromatic carbocycles. The van der Waals surface area contributed by atoms with Crippen molar-refractivity contribution in [1.82, 2.24) is 4.90 Å². The zero-order valence-corrected chi connectivity index (χ0v) is 12.0. The summed E-state index contributed by atoms with van der Waals surface area (Å²) >= 11 is 0. The maximum Gasteiger partial charge on any atom is 0.159 e. The van der Waals surface area contributed by atoms with Gasteiger partial charge in [0, 0.05) is 26.2 Å². The number of benzene rings is 1. The predicted octanol–water partition coefficient (Wildman–Crippen LogP) is 2.47. The maximum absolute atomic E-state index is 13.2. The van der Waals surface area contributed by atoms with Gasteiger partial charge in [-0.05, 0) is 44.0 Å². The quantitative estimate of drug-likeness (QED) is 0.923. The fourth-order valence-electron chi connectivity index (χ4n) is 2.76. The Hall–Kier alpha value is -1.04. The van der Waals surface area contributed by atoms with Gasteiger partial charge in [0.2, 0.25) is 0 Å². The highest BCUT2D eigenvalue weighted by molar-refractivity contribution is 5.21. The third-order valence-electron chi connectivity index (χ3n) is 4.06. The average molecular weight is 284 g/mol. The molecule has 1 aliphatic heterocycles. The first-order valence-electron chi connectivity index (χ1n) is 6.91. The molecule has 3 nitrogen and oxygen atoms in total. The van der Waals surface area contributed by atoms with Gasteiger partial charge in [-0.15, -0.1) is 0 Å². The van der Waals surface area contributed by atoms with Gasteiger partial charge in [-0.25, -0.2) is 8.78 Å². The van der Waals surface area contributed by atoms with Gasteiger partial charge in [-0.2, -0.15) is 0 Å². The van der Waals surface area contributed by atoms with Crippen molar-refractivity contribution in [3.8, 4) is 0 Å². The van der Waals surface area contributed by atoms with Crippen molar-refractivity contribution in [2.45, 2.75) is 31.4 Å². The third-order valence-corrected chi connectivity index (χ3v) is 4.06. The Bertz CT molecular complexity index is 469. The zero-order chi connectivity index (χ0) is 14.8. The molecule has 20 heavy (non-hydrogen) atoms. The minimum absolute atomic E-state index is 0.147. The van der Waals surface area contributed by atoms with E-state index in [2.05, 4.69) is 11.8 Å². The summed E-state index contributed by atoms with van der Waals surface area (Å²) in [6.07, 6.45) is 2.08. The molecule has 5 heteroatoms. The van der Waals surface area contributed by atoms with Gasteiger partial charge in [0.25, 0.3) is 0 Å². The van der Waals surface area contributed by atoms with Crippen LogP contribution in [0.2, 0.25) is 0 Å². The van der Waals surface area contributed by atoms with Crippen molar-refractivity contribution in [2.24, 2.45) is 5.73 Å². The van der Waals surface area contributed by atoms with Gasteiger partial charge in [0.1, 0.15) is 0 Å². The second kappa shape index (κ2) is 6.16. The van der Waals surface area contributed by atoms with Crippen molar-refractivity contribution < 1.29 is 13.5 Å². The monoisotopic (exact) mass is 284 g/mol. The minimum Gasteiger partial charge on any atom is -0.377 e. The molecule has 0 amide bonds. The molecule has 0 saturated carbocycles. The number of nitrogens with two attached hydrogens (primary N) is 1. The largest absolute Gasteiger partial charge is 0.377 e. The van der Waals surface area contributed by atoms with Crippen LogP contribution in [0, 0.1) is 11.6 Å². The minimum atomic E-state index is -0.849. The first-order chi connectivity index (χ1) is 9.43.